The van der Waals surface area contributed by atoms with Crippen LogP contribution in [0.4, 0.5) is 13.2 Å². The first kappa shape index (κ1) is 15.4. The van der Waals surface area contributed by atoms with Crippen molar-refractivity contribution in [1.29, 1.82) is 0 Å². The molecular formula is C17H15F3N2O. The third-order valence-electron chi connectivity index (χ3n) is 3.52. The minimum Gasteiger partial charge on any atom is -0.406 e. The zero-order chi connectivity index (χ0) is 16.6. The van der Waals surface area contributed by atoms with E-state index in [-0.39, 0.29) is 5.75 Å². The van der Waals surface area contributed by atoms with Crippen LogP contribution in [0.5, 0.6) is 5.75 Å². The van der Waals surface area contributed by atoms with Crippen LogP contribution in [0.3, 0.4) is 0 Å². The topological polar surface area (TPSA) is 26.5 Å². The molecule has 0 aliphatic heterocycles. The molecule has 0 N–H and O–H groups in total. The number of nitrogens with zero attached hydrogens (tertiary/aromatic N) is 2. The van der Waals surface area contributed by atoms with Gasteiger partial charge in [0.25, 0.3) is 0 Å². The summed E-state index contributed by atoms with van der Waals surface area (Å²) in [6.45, 7) is 4.22. The lowest BCUT2D eigenvalue weighted by atomic mass is 10.1. The van der Waals surface area contributed by atoms with Crippen molar-refractivity contribution >= 4 is 5.65 Å². The van der Waals surface area contributed by atoms with Crippen molar-refractivity contribution in [3.8, 4) is 17.0 Å². The summed E-state index contributed by atoms with van der Waals surface area (Å²) in [4.78, 5) is 4.49. The molecule has 0 radical (unpaired) electrons. The molecule has 3 aromatic rings. The number of halogens is 3. The molecule has 0 fully saturated rings. The van der Waals surface area contributed by atoms with Crippen molar-refractivity contribution < 1.29 is 17.9 Å². The molecule has 0 saturated carbocycles. The van der Waals surface area contributed by atoms with E-state index in [1.54, 1.807) is 12.1 Å². The maximum absolute atomic E-state index is 12.2. The fraction of sp³-hybridized carbons (Fsp3) is 0.235. The number of rotatable bonds is 3. The summed E-state index contributed by atoms with van der Waals surface area (Å²) < 4.78 is 42.3. The number of benzene rings is 1. The fourth-order valence-corrected chi connectivity index (χ4v) is 2.32. The molecule has 0 bridgehead atoms. The Kier molecular flexibility index (Phi) is 3.75. The van der Waals surface area contributed by atoms with Gasteiger partial charge in [-0.3, -0.25) is 0 Å². The third-order valence-corrected chi connectivity index (χ3v) is 3.52. The van der Waals surface area contributed by atoms with Gasteiger partial charge in [-0.25, -0.2) is 4.98 Å². The summed E-state index contributed by atoms with van der Waals surface area (Å²) in [7, 11) is 0. The molecule has 23 heavy (non-hydrogen) atoms. The number of imidazole rings is 1. The van der Waals surface area contributed by atoms with Crippen LogP contribution < -0.4 is 4.74 Å². The van der Waals surface area contributed by atoms with Crippen LogP contribution in [0.2, 0.25) is 0 Å². The van der Waals surface area contributed by atoms with E-state index in [0.29, 0.717) is 11.6 Å². The average molecular weight is 320 g/mol. The van der Waals surface area contributed by atoms with Gasteiger partial charge in [-0.2, -0.15) is 0 Å². The van der Waals surface area contributed by atoms with Gasteiger partial charge in [-0.15, -0.1) is 13.2 Å². The van der Waals surface area contributed by atoms with Gasteiger partial charge >= 0.3 is 6.36 Å². The first-order valence-electron chi connectivity index (χ1n) is 7.17. The third kappa shape index (κ3) is 3.47. The number of aromatic nitrogens is 2. The monoisotopic (exact) mass is 320 g/mol. The van der Waals surface area contributed by atoms with E-state index < -0.39 is 6.36 Å². The van der Waals surface area contributed by atoms with Crippen LogP contribution in [0.15, 0.2) is 48.8 Å². The molecule has 120 valence electrons. The van der Waals surface area contributed by atoms with E-state index in [2.05, 4.69) is 23.6 Å². The molecule has 2 heterocycles. The second kappa shape index (κ2) is 5.61. The highest BCUT2D eigenvalue weighted by Gasteiger charge is 2.30. The highest BCUT2D eigenvalue weighted by atomic mass is 19.4. The lowest BCUT2D eigenvalue weighted by Crippen LogP contribution is -2.16. The minimum absolute atomic E-state index is 0.243. The average Bonchev–Trinajstić information content (AvgIpc) is 2.89. The predicted molar refractivity (Wildman–Crippen MR) is 81.4 cm³/mol. The van der Waals surface area contributed by atoms with Crippen molar-refractivity contribution in [2.75, 3.05) is 0 Å². The maximum atomic E-state index is 12.2. The van der Waals surface area contributed by atoms with E-state index in [9.17, 15) is 13.2 Å². The van der Waals surface area contributed by atoms with E-state index in [4.69, 9.17) is 0 Å². The Bertz CT molecular complexity index is 820. The number of pyridine rings is 1. The van der Waals surface area contributed by atoms with Crippen LogP contribution >= 0.6 is 0 Å². The molecule has 0 atom stereocenters. The number of ether oxygens (including phenoxy) is 1. The van der Waals surface area contributed by atoms with Crippen LogP contribution in [0.1, 0.15) is 25.3 Å². The first-order chi connectivity index (χ1) is 10.8. The van der Waals surface area contributed by atoms with Crippen molar-refractivity contribution in [2.45, 2.75) is 26.1 Å². The van der Waals surface area contributed by atoms with E-state index in [1.807, 2.05) is 28.9 Å². The molecule has 0 saturated heterocycles. The molecule has 0 aliphatic rings. The highest BCUT2D eigenvalue weighted by Crippen LogP contribution is 2.26. The van der Waals surface area contributed by atoms with Gasteiger partial charge in [0.05, 0.1) is 5.69 Å². The molecule has 6 heteroatoms. The lowest BCUT2D eigenvalue weighted by molar-refractivity contribution is -0.274. The largest absolute Gasteiger partial charge is 0.573 e. The Morgan fingerprint density at radius 1 is 1.00 bits per heavy atom. The molecule has 0 amide bonds. The second-order valence-corrected chi connectivity index (χ2v) is 5.58. The number of hydrogen-bond acceptors (Lipinski definition) is 2. The molecule has 0 aliphatic carbocycles. The smallest absolute Gasteiger partial charge is 0.406 e. The minimum atomic E-state index is -4.68. The maximum Gasteiger partial charge on any atom is 0.573 e. The quantitative estimate of drug-likeness (QED) is 0.677. The summed E-state index contributed by atoms with van der Waals surface area (Å²) in [5, 5.41) is 0. The van der Waals surface area contributed by atoms with Crippen molar-refractivity contribution in [1.82, 2.24) is 9.38 Å². The van der Waals surface area contributed by atoms with Gasteiger partial charge in [0, 0.05) is 18.0 Å². The molecular weight excluding hydrogens is 305 g/mol. The number of fused-ring (bicyclic) bond motifs is 1. The number of hydrogen-bond donors (Lipinski definition) is 0. The SMILES string of the molecule is CC(C)c1ccc2nc(-c3ccc(OC(F)(F)F)cc3)cn2c1. The van der Waals surface area contributed by atoms with Crippen LogP contribution in [0.25, 0.3) is 16.9 Å². The standard InChI is InChI=1S/C17H15F3N2O/c1-11(2)13-5-8-16-21-15(10-22(16)9-13)12-3-6-14(7-4-12)23-17(18,19)20/h3-11H,1-2H3. The summed E-state index contributed by atoms with van der Waals surface area (Å²) in [5.41, 5.74) is 3.41. The van der Waals surface area contributed by atoms with E-state index >= 15 is 0 Å². The van der Waals surface area contributed by atoms with Gasteiger partial charge in [0.1, 0.15) is 11.4 Å². The Morgan fingerprint density at radius 2 is 1.70 bits per heavy atom. The molecule has 2 aromatic heterocycles. The second-order valence-electron chi connectivity index (χ2n) is 5.58. The summed E-state index contributed by atoms with van der Waals surface area (Å²) in [6, 6.07) is 9.65. The van der Waals surface area contributed by atoms with Crippen LogP contribution in [0, 0.1) is 0 Å². The Balaban J connectivity index is 1.90. The first-order valence-corrected chi connectivity index (χ1v) is 7.17. The van der Waals surface area contributed by atoms with Crippen molar-refractivity contribution in [2.24, 2.45) is 0 Å². The molecule has 0 unspecified atom stereocenters. The highest BCUT2D eigenvalue weighted by molar-refractivity contribution is 5.63. The zero-order valence-corrected chi connectivity index (χ0v) is 12.6. The van der Waals surface area contributed by atoms with E-state index in [0.717, 1.165) is 11.2 Å². The fourth-order valence-electron chi connectivity index (χ4n) is 2.32. The summed E-state index contributed by atoms with van der Waals surface area (Å²) >= 11 is 0. The van der Waals surface area contributed by atoms with Gasteiger partial charge < -0.3 is 9.14 Å². The predicted octanol–water partition coefficient (Wildman–Crippen LogP) is 5.02. The Hall–Kier alpha value is -2.50. The number of alkyl halides is 3. The van der Waals surface area contributed by atoms with E-state index in [1.165, 1.54) is 17.7 Å². The summed E-state index contributed by atoms with van der Waals surface area (Å²) in [6.07, 6.45) is -0.809. The van der Waals surface area contributed by atoms with Gasteiger partial charge in [0.15, 0.2) is 0 Å². The van der Waals surface area contributed by atoms with Gasteiger partial charge in [-0.05, 0) is 41.8 Å². The van der Waals surface area contributed by atoms with Gasteiger partial charge in [-0.1, -0.05) is 19.9 Å². The molecule has 3 nitrogen and oxygen atoms in total. The Morgan fingerprint density at radius 3 is 2.30 bits per heavy atom. The summed E-state index contributed by atoms with van der Waals surface area (Å²) in [5.74, 6) is 0.163. The molecule has 3 rings (SSSR count). The molecule has 0 spiro atoms. The Labute approximate surface area is 131 Å². The normalized spacial score (nSPS) is 12.1. The van der Waals surface area contributed by atoms with Crippen LogP contribution in [-0.4, -0.2) is 15.7 Å². The van der Waals surface area contributed by atoms with Gasteiger partial charge in [0.2, 0.25) is 0 Å². The van der Waals surface area contributed by atoms with Crippen molar-refractivity contribution in [3.63, 3.8) is 0 Å². The molecule has 1 aromatic carbocycles. The lowest BCUT2D eigenvalue weighted by Gasteiger charge is -2.08. The van der Waals surface area contributed by atoms with Crippen molar-refractivity contribution in [3.05, 3.63) is 54.4 Å². The zero-order valence-electron chi connectivity index (χ0n) is 12.6. The van der Waals surface area contributed by atoms with Crippen LogP contribution in [-0.2, 0) is 0 Å².